The van der Waals surface area contributed by atoms with E-state index in [-0.39, 0.29) is 6.61 Å². The summed E-state index contributed by atoms with van der Waals surface area (Å²) in [6.45, 7) is 0.359. The molecule has 1 aromatic heterocycles. The molecule has 0 aliphatic carbocycles. The highest BCUT2D eigenvalue weighted by molar-refractivity contribution is 5.84. The molecule has 1 aromatic carbocycles. The fourth-order valence-electron chi connectivity index (χ4n) is 1.43. The molecule has 1 heterocycles. The van der Waals surface area contributed by atoms with Gasteiger partial charge in [-0.05, 0) is 12.1 Å². The van der Waals surface area contributed by atoms with Crippen LogP contribution in [0.15, 0.2) is 36.5 Å². The van der Waals surface area contributed by atoms with Crippen molar-refractivity contribution in [3.8, 4) is 5.75 Å². The lowest BCUT2D eigenvalue weighted by atomic mass is 10.2. The normalized spacial score (nSPS) is 10.5. The molecular formula is C12H12NO2. The van der Waals surface area contributed by atoms with E-state index in [1.54, 1.807) is 6.20 Å². The van der Waals surface area contributed by atoms with E-state index in [0.717, 1.165) is 16.7 Å². The summed E-state index contributed by atoms with van der Waals surface area (Å²) in [6.07, 6.45) is 2.27. The van der Waals surface area contributed by atoms with E-state index < -0.39 is 0 Å². The van der Waals surface area contributed by atoms with Crippen LogP contribution >= 0.6 is 0 Å². The highest BCUT2D eigenvalue weighted by Gasteiger charge is 2.01. The number of rotatable bonds is 4. The number of hydrogen-bond acceptors (Lipinski definition) is 2. The maximum absolute atomic E-state index is 10.3. The Morgan fingerprint density at radius 3 is 2.93 bits per heavy atom. The van der Waals surface area contributed by atoms with Gasteiger partial charge in [-0.1, -0.05) is 18.2 Å². The minimum atomic E-state index is -0.0990. The van der Waals surface area contributed by atoms with Gasteiger partial charge >= 0.3 is 0 Å². The average molecular weight is 202 g/mol. The smallest absolute Gasteiger partial charge is 0.145 e. The van der Waals surface area contributed by atoms with Gasteiger partial charge < -0.3 is 4.74 Å². The summed E-state index contributed by atoms with van der Waals surface area (Å²) in [4.78, 5) is 4.26. The van der Waals surface area contributed by atoms with Crippen molar-refractivity contribution in [3.05, 3.63) is 36.5 Å². The summed E-state index contributed by atoms with van der Waals surface area (Å²) in [6, 6.07) is 9.67. The van der Waals surface area contributed by atoms with Crippen LogP contribution in [0.5, 0.6) is 5.75 Å². The molecule has 0 saturated heterocycles. The molecule has 0 fully saturated rings. The number of benzene rings is 1. The van der Waals surface area contributed by atoms with Crippen LogP contribution in [0.4, 0.5) is 0 Å². The second-order valence-corrected chi connectivity index (χ2v) is 3.24. The Labute approximate surface area is 88.3 Å². The van der Waals surface area contributed by atoms with E-state index in [1.165, 1.54) is 0 Å². The van der Waals surface area contributed by atoms with Crippen LogP contribution in [-0.4, -0.2) is 18.2 Å². The zero-order valence-corrected chi connectivity index (χ0v) is 8.35. The molecule has 3 heteroatoms. The molecule has 1 radical (unpaired) electrons. The lowest BCUT2D eigenvalue weighted by Gasteiger charge is -2.06. The van der Waals surface area contributed by atoms with E-state index in [1.807, 2.05) is 30.3 Å². The van der Waals surface area contributed by atoms with Gasteiger partial charge in [0.25, 0.3) is 0 Å². The van der Waals surface area contributed by atoms with E-state index in [2.05, 4.69) is 4.98 Å². The number of aromatic nitrogens is 1. The predicted molar refractivity (Wildman–Crippen MR) is 57.4 cm³/mol. The largest absolute Gasteiger partial charge is 0.491 e. The minimum Gasteiger partial charge on any atom is -0.491 e. The van der Waals surface area contributed by atoms with E-state index >= 15 is 0 Å². The molecule has 0 bridgehead atoms. The third-order valence-electron chi connectivity index (χ3n) is 2.14. The maximum Gasteiger partial charge on any atom is 0.145 e. The van der Waals surface area contributed by atoms with Crippen LogP contribution in [0.2, 0.25) is 0 Å². The van der Waals surface area contributed by atoms with Gasteiger partial charge in [0.2, 0.25) is 0 Å². The molecule has 0 unspecified atom stereocenters. The lowest BCUT2D eigenvalue weighted by molar-refractivity contribution is 0.166. The second-order valence-electron chi connectivity index (χ2n) is 3.24. The number of fused-ring (bicyclic) bond motifs is 1. The maximum atomic E-state index is 10.3. The van der Waals surface area contributed by atoms with Crippen molar-refractivity contribution in [2.24, 2.45) is 0 Å². The highest BCUT2D eigenvalue weighted by Crippen LogP contribution is 2.22. The number of para-hydroxylation sites is 1. The van der Waals surface area contributed by atoms with Gasteiger partial charge in [-0.25, -0.2) is 5.11 Å². The van der Waals surface area contributed by atoms with E-state index in [9.17, 15) is 5.11 Å². The monoisotopic (exact) mass is 202 g/mol. The Hall–Kier alpha value is -1.61. The van der Waals surface area contributed by atoms with Crippen molar-refractivity contribution in [2.45, 2.75) is 6.42 Å². The number of nitrogens with zero attached hydrogens (tertiary/aromatic N) is 1. The molecule has 0 atom stereocenters. The van der Waals surface area contributed by atoms with Crippen LogP contribution in [0.3, 0.4) is 0 Å². The molecular weight excluding hydrogens is 190 g/mol. The third kappa shape index (κ3) is 2.25. The fourth-order valence-corrected chi connectivity index (χ4v) is 1.43. The highest BCUT2D eigenvalue weighted by atomic mass is 16.5. The molecule has 3 nitrogen and oxygen atoms in total. The number of pyridine rings is 1. The summed E-state index contributed by atoms with van der Waals surface area (Å²) in [7, 11) is 0. The van der Waals surface area contributed by atoms with Gasteiger partial charge in [0.1, 0.15) is 11.3 Å². The van der Waals surface area contributed by atoms with Crippen molar-refractivity contribution in [1.29, 1.82) is 0 Å². The Bertz CT molecular complexity index is 437. The Kier molecular flexibility index (Phi) is 3.15. The first-order valence-electron chi connectivity index (χ1n) is 4.96. The molecule has 0 amide bonds. The summed E-state index contributed by atoms with van der Waals surface area (Å²) in [5, 5.41) is 11.3. The number of hydrogen-bond donors (Lipinski definition) is 0. The van der Waals surface area contributed by atoms with Crippen LogP contribution in [0.25, 0.3) is 10.9 Å². The fraction of sp³-hybridized carbons (Fsp3) is 0.250. The van der Waals surface area contributed by atoms with Gasteiger partial charge in [0.15, 0.2) is 0 Å². The molecule has 15 heavy (non-hydrogen) atoms. The Morgan fingerprint density at radius 1 is 1.20 bits per heavy atom. The lowest BCUT2D eigenvalue weighted by Crippen LogP contribution is -1.99. The number of ether oxygens (including phenoxy) is 1. The van der Waals surface area contributed by atoms with Crippen LogP contribution < -0.4 is 4.74 Å². The van der Waals surface area contributed by atoms with Gasteiger partial charge in [-0.2, -0.15) is 0 Å². The van der Waals surface area contributed by atoms with E-state index in [0.29, 0.717) is 13.0 Å². The SMILES string of the molecule is [O]CCCOc1cccc2cccnc12. The molecule has 0 N–H and O–H groups in total. The first-order chi connectivity index (χ1) is 7.42. The van der Waals surface area contributed by atoms with Crippen molar-refractivity contribution < 1.29 is 9.84 Å². The molecule has 77 valence electrons. The van der Waals surface area contributed by atoms with Gasteiger partial charge in [-0.15, -0.1) is 0 Å². The quantitative estimate of drug-likeness (QED) is 0.714. The molecule has 2 aromatic rings. The molecule has 2 rings (SSSR count). The van der Waals surface area contributed by atoms with Crippen molar-refractivity contribution in [1.82, 2.24) is 4.98 Å². The van der Waals surface area contributed by atoms with Gasteiger partial charge in [-0.3, -0.25) is 4.98 Å². The van der Waals surface area contributed by atoms with Crippen molar-refractivity contribution in [2.75, 3.05) is 13.2 Å². The van der Waals surface area contributed by atoms with Crippen molar-refractivity contribution in [3.63, 3.8) is 0 Å². The zero-order valence-electron chi connectivity index (χ0n) is 8.35. The van der Waals surface area contributed by atoms with Crippen LogP contribution in [0, 0.1) is 0 Å². The summed E-state index contributed by atoms with van der Waals surface area (Å²) in [5.41, 5.74) is 0.853. The Balaban J connectivity index is 2.26. The Morgan fingerprint density at radius 2 is 2.07 bits per heavy atom. The molecule has 0 spiro atoms. The van der Waals surface area contributed by atoms with Crippen LogP contribution in [-0.2, 0) is 5.11 Å². The summed E-state index contributed by atoms with van der Waals surface area (Å²) < 4.78 is 5.50. The summed E-state index contributed by atoms with van der Waals surface area (Å²) >= 11 is 0. The predicted octanol–water partition coefficient (Wildman–Crippen LogP) is 2.43. The van der Waals surface area contributed by atoms with Crippen molar-refractivity contribution >= 4 is 10.9 Å². The van der Waals surface area contributed by atoms with Gasteiger partial charge in [0.05, 0.1) is 13.2 Å². The summed E-state index contributed by atoms with van der Waals surface area (Å²) in [5.74, 6) is 0.751. The zero-order chi connectivity index (χ0) is 10.5. The first-order valence-corrected chi connectivity index (χ1v) is 4.96. The molecule has 0 saturated carbocycles. The minimum absolute atomic E-state index is 0.0990. The second kappa shape index (κ2) is 4.75. The van der Waals surface area contributed by atoms with E-state index in [4.69, 9.17) is 4.74 Å². The average Bonchev–Trinajstić information content (AvgIpc) is 2.30. The third-order valence-corrected chi connectivity index (χ3v) is 2.14. The molecule has 0 aliphatic heterocycles. The van der Waals surface area contributed by atoms with Gasteiger partial charge in [0, 0.05) is 18.0 Å². The standard InChI is InChI=1S/C12H12NO2/c14-8-3-9-15-11-6-1-4-10-5-2-7-13-12(10)11/h1-2,4-7H,3,8-9H2. The molecule has 0 aliphatic rings. The first kappa shape index (κ1) is 9.93. The van der Waals surface area contributed by atoms with Crippen LogP contribution in [0.1, 0.15) is 6.42 Å². The topological polar surface area (TPSA) is 42.0 Å².